The fraction of sp³-hybridized carbons (Fsp3) is 0.235. The summed E-state index contributed by atoms with van der Waals surface area (Å²) in [5, 5.41) is 3.02. The van der Waals surface area contributed by atoms with Crippen molar-refractivity contribution in [1.82, 2.24) is 0 Å². The molecule has 0 aliphatic heterocycles. The molecule has 0 aliphatic carbocycles. The van der Waals surface area contributed by atoms with Crippen LogP contribution in [0.25, 0.3) is 0 Å². The Hall–Kier alpha value is -2.05. The van der Waals surface area contributed by atoms with E-state index in [0.29, 0.717) is 5.69 Å². The first-order chi connectivity index (χ1) is 11.2. The average molecular weight is 367 g/mol. The number of benzene rings is 2. The molecule has 128 valence electrons. The Morgan fingerprint density at radius 3 is 2.42 bits per heavy atom. The number of halogens is 1. The first kappa shape index (κ1) is 18.3. The quantitative estimate of drug-likeness (QED) is 0.882. The lowest BCUT2D eigenvalue weighted by Crippen LogP contribution is -2.37. The summed E-state index contributed by atoms with van der Waals surface area (Å²) >= 11 is 6.08. The third-order valence-corrected chi connectivity index (χ3v) is 5.13. The van der Waals surface area contributed by atoms with E-state index >= 15 is 0 Å². The summed E-state index contributed by atoms with van der Waals surface area (Å²) in [4.78, 5) is 12.4. The summed E-state index contributed by atoms with van der Waals surface area (Å²) in [5.74, 6) is -0.436. The summed E-state index contributed by atoms with van der Waals surface area (Å²) in [6, 6.07) is 12.1. The van der Waals surface area contributed by atoms with Crippen LogP contribution in [-0.2, 0) is 14.8 Å². The van der Waals surface area contributed by atoms with E-state index in [0.717, 1.165) is 21.7 Å². The predicted molar refractivity (Wildman–Crippen MR) is 98.2 cm³/mol. The van der Waals surface area contributed by atoms with E-state index < -0.39 is 15.9 Å². The zero-order valence-electron chi connectivity index (χ0n) is 13.7. The summed E-state index contributed by atoms with van der Waals surface area (Å²) in [7, 11) is -3.66. The molecule has 7 heteroatoms. The molecule has 5 nitrogen and oxygen atoms in total. The molecule has 2 rings (SSSR count). The number of hydrogen-bond donors (Lipinski definition) is 1. The van der Waals surface area contributed by atoms with Gasteiger partial charge in [-0.2, -0.15) is 0 Å². The highest BCUT2D eigenvalue weighted by Gasteiger charge is 2.23. The van der Waals surface area contributed by atoms with Crippen molar-refractivity contribution < 1.29 is 13.2 Å². The molecule has 0 radical (unpaired) electrons. The second kappa shape index (κ2) is 7.23. The number of nitrogens with one attached hydrogen (secondary N) is 1. The number of nitrogens with zero attached hydrogens (tertiary/aromatic N) is 1. The Balaban J connectivity index is 2.26. The molecule has 2 aromatic rings. The normalized spacial score (nSPS) is 11.2. The highest BCUT2D eigenvalue weighted by molar-refractivity contribution is 7.92. The lowest BCUT2D eigenvalue weighted by molar-refractivity contribution is -0.114. The Labute approximate surface area is 147 Å². The Bertz CT molecular complexity index is 866. The maximum Gasteiger partial charge on any atom is 0.245 e. The van der Waals surface area contributed by atoms with E-state index in [1.54, 1.807) is 30.3 Å². The van der Waals surface area contributed by atoms with Crippen molar-refractivity contribution >= 4 is 38.9 Å². The van der Waals surface area contributed by atoms with Gasteiger partial charge in [-0.05, 0) is 43.2 Å². The number of para-hydroxylation sites is 1. The number of aryl methyl sites for hydroxylation is 1. The van der Waals surface area contributed by atoms with Crippen molar-refractivity contribution in [2.75, 3.05) is 22.4 Å². The molecule has 0 unspecified atom stereocenters. The van der Waals surface area contributed by atoms with Crippen LogP contribution in [0.1, 0.15) is 11.1 Å². The van der Waals surface area contributed by atoms with Crippen LogP contribution in [0.2, 0.25) is 5.02 Å². The molecule has 0 atom stereocenters. The first-order valence-electron chi connectivity index (χ1n) is 7.28. The fourth-order valence-electron chi connectivity index (χ4n) is 2.24. The van der Waals surface area contributed by atoms with Gasteiger partial charge in [-0.3, -0.25) is 9.10 Å². The van der Waals surface area contributed by atoms with Gasteiger partial charge in [0.1, 0.15) is 6.54 Å². The number of rotatable bonds is 5. The minimum absolute atomic E-state index is 0.266. The standard InChI is InChI=1S/C17H19ClN2O3S/c1-12-7-6-9-15(13(12)2)19-17(21)11-20(24(3,22)23)16-10-5-4-8-14(16)18/h4-10H,11H2,1-3H3,(H,19,21). The second-order valence-corrected chi connectivity index (χ2v) is 7.83. The van der Waals surface area contributed by atoms with Crippen molar-refractivity contribution in [1.29, 1.82) is 0 Å². The van der Waals surface area contributed by atoms with Crippen molar-refractivity contribution in [3.05, 3.63) is 58.6 Å². The van der Waals surface area contributed by atoms with E-state index in [1.165, 1.54) is 0 Å². The zero-order chi connectivity index (χ0) is 17.9. The SMILES string of the molecule is Cc1cccc(NC(=O)CN(c2ccccc2Cl)S(C)(=O)=O)c1C. The Kier molecular flexibility index (Phi) is 5.51. The molecule has 0 aromatic heterocycles. The summed E-state index contributed by atoms with van der Waals surface area (Å²) in [6.07, 6.45) is 1.04. The summed E-state index contributed by atoms with van der Waals surface area (Å²) in [6.45, 7) is 3.49. The molecule has 0 heterocycles. The highest BCUT2D eigenvalue weighted by Crippen LogP contribution is 2.27. The van der Waals surface area contributed by atoms with Crippen LogP contribution in [0.3, 0.4) is 0 Å². The van der Waals surface area contributed by atoms with Crippen LogP contribution in [0.15, 0.2) is 42.5 Å². The van der Waals surface area contributed by atoms with E-state index in [4.69, 9.17) is 11.6 Å². The number of sulfonamides is 1. The summed E-state index contributed by atoms with van der Waals surface area (Å²) < 4.78 is 25.2. The largest absolute Gasteiger partial charge is 0.324 e. The average Bonchev–Trinajstić information content (AvgIpc) is 2.49. The van der Waals surface area contributed by atoms with Crippen LogP contribution >= 0.6 is 11.6 Å². The van der Waals surface area contributed by atoms with Gasteiger partial charge in [0.2, 0.25) is 15.9 Å². The van der Waals surface area contributed by atoms with Crippen LogP contribution in [0, 0.1) is 13.8 Å². The monoisotopic (exact) mass is 366 g/mol. The van der Waals surface area contributed by atoms with Crippen LogP contribution in [0.4, 0.5) is 11.4 Å². The van der Waals surface area contributed by atoms with E-state index in [9.17, 15) is 13.2 Å². The van der Waals surface area contributed by atoms with Gasteiger partial charge in [0.15, 0.2) is 0 Å². The van der Waals surface area contributed by atoms with Gasteiger partial charge in [-0.15, -0.1) is 0 Å². The molecular weight excluding hydrogens is 348 g/mol. The smallest absolute Gasteiger partial charge is 0.245 e. The third kappa shape index (κ3) is 4.27. The minimum Gasteiger partial charge on any atom is -0.324 e. The van der Waals surface area contributed by atoms with Crippen molar-refractivity contribution in [3.63, 3.8) is 0 Å². The topological polar surface area (TPSA) is 66.5 Å². The number of amides is 1. The molecule has 0 aliphatic rings. The molecular formula is C17H19ClN2O3S. The minimum atomic E-state index is -3.66. The van der Waals surface area contributed by atoms with Gasteiger partial charge in [0.25, 0.3) is 0 Å². The molecule has 0 bridgehead atoms. The van der Waals surface area contributed by atoms with Gasteiger partial charge < -0.3 is 5.32 Å². The zero-order valence-corrected chi connectivity index (χ0v) is 15.3. The fourth-order valence-corrected chi connectivity index (χ4v) is 3.40. The van der Waals surface area contributed by atoms with Crippen molar-refractivity contribution in [2.24, 2.45) is 0 Å². The highest BCUT2D eigenvalue weighted by atomic mass is 35.5. The number of hydrogen-bond acceptors (Lipinski definition) is 3. The lowest BCUT2D eigenvalue weighted by atomic mass is 10.1. The van der Waals surface area contributed by atoms with Crippen molar-refractivity contribution in [2.45, 2.75) is 13.8 Å². The van der Waals surface area contributed by atoms with E-state index in [2.05, 4.69) is 5.32 Å². The van der Waals surface area contributed by atoms with Crippen LogP contribution in [-0.4, -0.2) is 27.1 Å². The third-order valence-electron chi connectivity index (χ3n) is 3.69. The Morgan fingerprint density at radius 2 is 1.79 bits per heavy atom. The number of carbonyl (C=O) groups excluding carboxylic acids is 1. The van der Waals surface area contributed by atoms with E-state index in [1.807, 2.05) is 26.0 Å². The molecule has 1 amide bonds. The van der Waals surface area contributed by atoms with Gasteiger partial charge in [0, 0.05) is 5.69 Å². The molecule has 24 heavy (non-hydrogen) atoms. The van der Waals surface area contributed by atoms with Crippen molar-refractivity contribution in [3.8, 4) is 0 Å². The molecule has 0 fully saturated rings. The second-order valence-electron chi connectivity index (χ2n) is 5.52. The van der Waals surface area contributed by atoms with Gasteiger partial charge in [0.05, 0.1) is 17.0 Å². The van der Waals surface area contributed by atoms with Gasteiger partial charge >= 0.3 is 0 Å². The molecule has 0 spiro atoms. The van der Waals surface area contributed by atoms with E-state index in [-0.39, 0.29) is 17.3 Å². The Morgan fingerprint density at radius 1 is 1.12 bits per heavy atom. The predicted octanol–water partition coefficient (Wildman–Crippen LogP) is 3.36. The maximum atomic E-state index is 12.4. The van der Waals surface area contributed by atoms with Crippen LogP contribution < -0.4 is 9.62 Å². The molecule has 1 N–H and O–H groups in total. The van der Waals surface area contributed by atoms with Gasteiger partial charge in [-0.25, -0.2) is 8.42 Å². The molecule has 2 aromatic carbocycles. The number of anilines is 2. The van der Waals surface area contributed by atoms with Crippen LogP contribution in [0.5, 0.6) is 0 Å². The maximum absolute atomic E-state index is 12.4. The van der Waals surface area contributed by atoms with Gasteiger partial charge in [-0.1, -0.05) is 35.9 Å². The summed E-state index contributed by atoms with van der Waals surface area (Å²) in [5.41, 5.74) is 2.92. The molecule has 0 saturated carbocycles. The lowest BCUT2D eigenvalue weighted by Gasteiger charge is -2.23. The number of carbonyl (C=O) groups is 1. The molecule has 0 saturated heterocycles. The first-order valence-corrected chi connectivity index (χ1v) is 9.51.